The summed E-state index contributed by atoms with van der Waals surface area (Å²) in [6, 6.07) is 10.4. The highest BCUT2D eigenvalue weighted by Gasteiger charge is 2.13. The molecule has 0 spiro atoms. The number of nitro benzene ring substituents is 1. The number of carbonyl (C=O) groups is 1. The molecule has 2 aromatic carbocycles. The van der Waals surface area contributed by atoms with Crippen LogP contribution < -0.4 is 15.2 Å². The van der Waals surface area contributed by atoms with Crippen molar-refractivity contribution in [1.29, 1.82) is 0 Å². The maximum atomic E-state index is 11.1. The van der Waals surface area contributed by atoms with Crippen LogP contribution in [0.3, 0.4) is 0 Å². The average Bonchev–Trinajstić information content (AvgIpc) is 2.47. The van der Waals surface area contributed by atoms with E-state index in [1.54, 1.807) is 24.3 Å². The quantitative estimate of drug-likeness (QED) is 0.663. The minimum Gasteiger partial charge on any atom is -0.545 e. The first-order valence-electron chi connectivity index (χ1n) is 5.92. The van der Waals surface area contributed by atoms with E-state index in [2.05, 4.69) is 5.32 Å². The normalized spacial score (nSPS) is 9.95. The molecule has 1 N–H and O–H groups in total. The Bertz CT molecular complexity index is 700. The third kappa shape index (κ3) is 3.08. The van der Waals surface area contributed by atoms with E-state index in [1.165, 1.54) is 19.2 Å². The van der Waals surface area contributed by atoms with Crippen LogP contribution in [0.25, 0.3) is 0 Å². The molecule has 0 fully saturated rings. The largest absolute Gasteiger partial charge is 0.545 e. The van der Waals surface area contributed by atoms with Gasteiger partial charge < -0.3 is 20.0 Å². The maximum Gasteiger partial charge on any atom is 0.270 e. The highest BCUT2D eigenvalue weighted by atomic mass is 16.6. The van der Waals surface area contributed by atoms with E-state index in [0.717, 1.165) is 6.07 Å². The molecule has 0 saturated heterocycles. The summed E-state index contributed by atoms with van der Waals surface area (Å²) in [7, 11) is 1.48. The van der Waals surface area contributed by atoms with Crippen molar-refractivity contribution in [2.45, 2.75) is 0 Å². The van der Waals surface area contributed by atoms with Gasteiger partial charge in [0.1, 0.15) is 5.75 Å². The highest BCUT2D eigenvalue weighted by Crippen LogP contribution is 2.30. The molecule has 7 nitrogen and oxygen atoms in total. The number of rotatable bonds is 5. The first-order chi connectivity index (χ1) is 10.0. The van der Waals surface area contributed by atoms with E-state index in [9.17, 15) is 20.0 Å². The van der Waals surface area contributed by atoms with Gasteiger partial charge in [-0.1, -0.05) is 12.1 Å². The van der Waals surface area contributed by atoms with Crippen molar-refractivity contribution in [2.75, 3.05) is 12.4 Å². The summed E-state index contributed by atoms with van der Waals surface area (Å²) in [5.41, 5.74) is 0.108. The van der Waals surface area contributed by atoms with Crippen LogP contribution in [0.4, 0.5) is 17.1 Å². The lowest BCUT2D eigenvalue weighted by Crippen LogP contribution is -2.23. The van der Waals surface area contributed by atoms with E-state index in [4.69, 9.17) is 4.74 Å². The van der Waals surface area contributed by atoms with Crippen LogP contribution in [0.2, 0.25) is 0 Å². The Labute approximate surface area is 119 Å². The number of methoxy groups -OCH3 is 1. The van der Waals surface area contributed by atoms with Crippen LogP contribution >= 0.6 is 0 Å². The predicted octanol–water partition coefficient (Wildman–Crippen LogP) is 1.71. The number of nitrogens with one attached hydrogen (secondary N) is 1. The summed E-state index contributed by atoms with van der Waals surface area (Å²) in [6.07, 6.45) is 0. The summed E-state index contributed by atoms with van der Waals surface area (Å²) in [4.78, 5) is 21.2. The van der Waals surface area contributed by atoms with Gasteiger partial charge in [-0.3, -0.25) is 10.1 Å². The number of anilines is 2. The third-order valence-corrected chi connectivity index (χ3v) is 2.81. The number of carboxylic acid groups (broad SMARTS) is 1. The molecule has 0 bridgehead atoms. The lowest BCUT2D eigenvalue weighted by Gasteiger charge is -2.14. The number of aromatic carboxylic acids is 1. The van der Waals surface area contributed by atoms with Gasteiger partial charge in [0.05, 0.1) is 23.7 Å². The number of para-hydroxylation sites is 2. The molecule has 0 aliphatic rings. The second-order valence-electron chi connectivity index (χ2n) is 4.10. The number of nitro groups is 1. The van der Waals surface area contributed by atoms with E-state index in [0.29, 0.717) is 11.4 Å². The predicted molar refractivity (Wildman–Crippen MR) is 73.7 cm³/mol. The van der Waals surface area contributed by atoms with Gasteiger partial charge in [0.2, 0.25) is 0 Å². The van der Waals surface area contributed by atoms with Gasteiger partial charge in [-0.05, 0) is 18.2 Å². The number of non-ortho nitro benzene ring substituents is 1. The van der Waals surface area contributed by atoms with Crippen LogP contribution in [0, 0.1) is 10.1 Å². The second-order valence-corrected chi connectivity index (χ2v) is 4.10. The Hall–Kier alpha value is -3.09. The van der Waals surface area contributed by atoms with Gasteiger partial charge in [0, 0.05) is 23.4 Å². The van der Waals surface area contributed by atoms with Crippen LogP contribution in [-0.4, -0.2) is 18.0 Å². The fourth-order valence-electron chi connectivity index (χ4n) is 1.82. The zero-order valence-corrected chi connectivity index (χ0v) is 11.0. The summed E-state index contributed by atoms with van der Waals surface area (Å²) < 4.78 is 5.15. The smallest absolute Gasteiger partial charge is 0.270 e. The molecule has 0 amide bonds. The summed E-state index contributed by atoms with van der Waals surface area (Å²) in [6.45, 7) is 0. The first kappa shape index (κ1) is 14.3. The number of carboxylic acids is 1. The lowest BCUT2D eigenvalue weighted by molar-refractivity contribution is -0.385. The average molecular weight is 287 g/mol. The Morgan fingerprint density at radius 2 is 1.90 bits per heavy atom. The molecule has 0 aliphatic heterocycles. The molecule has 0 aliphatic carbocycles. The summed E-state index contributed by atoms with van der Waals surface area (Å²) in [5.74, 6) is -0.990. The molecule has 0 unspecified atom stereocenters. The van der Waals surface area contributed by atoms with E-state index >= 15 is 0 Å². The van der Waals surface area contributed by atoms with Gasteiger partial charge in [-0.15, -0.1) is 0 Å². The van der Waals surface area contributed by atoms with Crippen LogP contribution in [0.5, 0.6) is 5.75 Å². The zero-order valence-electron chi connectivity index (χ0n) is 11.0. The number of hydrogen-bond donors (Lipinski definition) is 1. The van der Waals surface area contributed by atoms with E-state index < -0.39 is 10.9 Å². The van der Waals surface area contributed by atoms with Gasteiger partial charge in [0.25, 0.3) is 5.69 Å². The van der Waals surface area contributed by atoms with Crippen LogP contribution in [0.1, 0.15) is 10.4 Å². The fraction of sp³-hybridized carbons (Fsp3) is 0.0714. The molecule has 0 aromatic heterocycles. The van der Waals surface area contributed by atoms with Gasteiger partial charge in [-0.2, -0.15) is 0 Å². The number of nitrogens with zero attached hydrogens (tertiary/aromatic N) is 1. The first-order valence-corrected chi connectivity index (χ1v) is 5.92. The minimum absolute atomic E-state index is 0.185. The summed E-state index contributed by atoms with van der Waals surface area (Å²) >= 11 is 0. The SMILES string of the molecule is COc1ccccc1Nc1ccc([N+](=O)[O-])cc1C(=O)[O-]. The molecular formula is C14H11N2O5-. The summed E-state index contributed by atoms with van der Waals surface area (Å²) in [5, 5.41) is 24.7. The van der Waals surface area contributed by atoms with Crippen molar-refractivity contribution in [3.63, 3.8) is 0 Å². The third-order valence-electron chi connectivity index (χ3n) is 2.81. The Morgan fingerprint density at radius 3 is 2.52 bits per heavy atom. The molecule has 0 saturated carbocycles. The maximum absolute atomic E-state index is 11.1. The standard InChI is InChI=1S/C14H12N2O5/c1-21-13-5-3-2-4-12(13)15-11-7-6-9(16(19)20)8-10(11)14(17)18/h2-8,15H,1H3,(H,17,18)/p-1. The molecule has 0 heterocycles. The van der Waals surface area contributed by atoms with Crippen molar-refractivity contribution < 1.29 is 19.6 Å². The Morgan fingerprint density at radius 1 is 1.19 bits per heavy atom. The minimum atomic E-state index is -1.50. The monoisotopic (exact) mass is 287 g/mol. The number of benzene rings is 2. The number of ether oxygens (including phenoxy) is 1. The van der Waals surface area contributed by atoms with Crippen molar-refractivity contribution in [2.24, 2.45) is 0 Å². The van der Waals surface area contributed by atoms with E-state index in [1.807, 2.05) is 0 Å². The molecule has 7 heteroatoms. The fourth-order valence-corrected chi connectivity index (χ4v) is 1.82. The van der Waals surface area contributed by atoms with Crippen LogP contribution in [-0.2, 0) is 0 Å². The molecule has 21 heavy (non-hydrogen) atoms. The molecular weight excluding hydrogens is 276 g/mol. The Kier molecular flexibility index (Phi) is 4.03. The second kappa shape index (κ2) is 5.91. The molecule has 0 atom stereocenters. The number of hydrogen-bond acceptors (Lipinski definition) is 6. The van der Waals surface area contributed by atoms with Gasteiger partial charge in [-0.25, -0.2) is 0 Å². The van der Waals surface area contributed by atoms with Crippen molar-refractivity contribution in [1.82, 2.24) is 0 Å². The lowest BCUT2D eigenvalue weighted by atomic mass is 10.1. The van der Waals surface area contributed by atoms with Crippen molar-refractivity contribution >= 4 is 23.0 Å². The van der Waals surface area contributed by atoms with Crippen molar-refractivity contribution in [3.8, 4) is 5.75 Å². The van der Waals surface area contributed by atoms with Crippen molar-refractivity contribution in [3.05, 3.63) is 58.1 Å². The van der Waals surface area contributed by atoms with E-state index in [-0.39, 0.29) is 16.9 Å². The van der Waals surface area contributed by atoms with Gasteiger partial charge >= 0.3 is 0 Å². The topological polar surface area (TPSA) is 105 Å². The molecule has 2 rings (SSSR count). The van der Waals surface area contributed by atoms with Crippen LogP contribution in [0.15, 0.2) is 42.5 Å². The zero-order chi connectivity index (χ0) is 15.4. The molecule has 108 valence electrons. The Balaban J connectivity index is 2.44. The number of carbonyl (C=O) groups excluding carboxylic acids is 1. The highest BCUT2D eigenvalue weighted by molar-refractivity contribution is 5.95. The van der Waals surface area contributed by atoms with Gasteiger partial charge in [0.15, 0.2) is 0 Å². The molecule has 0 radical (unpaired) electrons. The molecule has 2 aromatic rings.